The van der Waals surface area contributed by atoms with E-state index in [1.54, 1.807) is 0 Å². The van der Waals surface area contributed by atoms with Gasteiger partial charge in [-0.05, 0) is 56.3 Å². The van der Waals surface area contributed by atoms with Crippen LogP contribution in [0, 0.1) is 11.3 Å². The predicted octanol–water partition coefficient (Wildman–Crippen LogP) is 2.98. The lowest BCUT2D eigenvalue weighted by Gasteiger charge is -2.36. The molecule has 19 heavy (non-hydrogen) atoms. The molecule has 1 atom stereocenters. The Bertz CT molecular complexity index is 306. The van der Waals surface area contributed by atoms with Crippen molar-refractivity contribution in [3.8, 4) is 0 Å². The first-order chi connectivity index (χ1) is 8.94. The molecular weight excluding hydrogens is 236 g/mol. The lowest BCUT2D eigenvalue weighted by atomic mass is 9.75. The van der Waals surface area contributed by atoms with E-state index in [0.717, 1.165) is 38.5 Å². The Morgan fingerprint density at radius 2 is 1.89 bits per heavy atom. The highest BCUT2D eigenvalue weighted by Gasteiger charge is 2.29. The van der Waals surface area contributed by atoms with E-state index in [9.17, 15) is 4.79 Å². The fourth-order valence-electron chi connectivity index (χ4n) is 3.76. The Morgan fingerprint density at radius 1 is 1.21 bits per heavy atom. The SMILES string of the molecule is CC1(C)CCCC(NC(=O)CC2CCC(N)CC2)C1. The number of carbonyl (C=O) groups is 1. The topological polar surface area (TPSA) is 55.1 Å². The molecule has 3 nitrogen and oxygen atoms in total. The molecule has 0 aliphatic heterocycles. The van der Waals surface area contributed by atoms with Crippen LogP contribution in [0.25, 0.3) is 0 Å². The molecule has 2 fully saturated rings. The van der Waals surface area contributed by atoms with E-state index in [4.69, 9.17) is 5.73 Å². The van der Waals surface area contributed by atoms with Gasteiger partial charge in [-0.3, -0.25) is 4.79 Å². The van der Waals surface area contributed by atoms with Crippen molar-refractivity contribution in [1.82, 2.24) is 5.32 Å². The van der Waals surface area contributed by atoms with Gasteiger partial charge in [0, 0.05) is 18.5 Å². The fourth-order valence-corrected chi connectivity index (χ4v) is 3.76. The molecule has 3 N–H and O–H groups in total. The maximum absolute atomic E-state index is 12.1. The van der Waals surface area contributed by atoms with Crippen LogP contribution in [0.3, 0.4) is 0 Å². The highest BCUT2D eigenvalue weighted by atomic mass is 16.1. The van der Waals surface area contributed by atoms with Crippen LogP contribution in [0.15, 0.2) is 0 Å². The van der Waals surface area contributed by atoms with E-state index in [0.29, 0.717) is 29.8 Å². The van der Waals surface area contributed by atoms with E-state index in [1.165, 1.54) is 12.8 Å². The summed E-state index contributed by atoms with van der Waals surface area (Å²) in [6.45, 7) is 4.63. The van der Waals surface area contributed by atoms with Crippen molar-refractivity contribution in [2.24, 2.45) is 17.1 Å². The average Bonchev–Trinajstić information content (AvgIpc) is 2.30. The molecule has 0 bridgehead atoms. The molecule has 2 aliphatic carbocycles. The average molecular weight is 266 g/mol. The predicted molar refractivity (Wildman–Crippen MR) is 78.7 cm³/mol. The third-order valence-corrected chi connectivity index (χ3v) is 4.94. The Labute approximate surface area is 117 Å². The van der Waals surface area contributed by atoms with Gasteiger partial charge in [-0.25, -0.2) is 0 Å². The summed E-state index contributed by atoms with van der Waals surface area (Å²) >= 11 is 0. The molecule has 0 spiro atoms. The van der Waals surface area contributed by atoms with Gasteiger partial charge in [-0.2, -0.15) is 0 Å². The molecular formula is C16H30N2O. The molecule has 0 aromatic carbocycles. The molecule has 0 aromatic heterocycles. The van der Waals surface area contributed by atoms with Gasteiger partial charge in [-0.15, -0.1) is 0 Å². The Balaban J connectivity index is 1.72. The van der Waals surface area contributed by atoms with Gasteiger partial charge in [0.25, 0.3) is 0 Å². The van der Waals surface area contributed by atoms with Crippen molar-refractivity contribution >= 4 is 5.91 Å². The monoisotopic (exact) mass is 266 g/mol. The molecule has 2 rings (SSSR count). The molecule has 1 unspecified atom stereocenters. The van der Waals surface area contributed by atoms with Crippen molar-refractivity contribution in [2.75, 3.05) is 0 Å². The third-order valence-electron chi connectivity index (χ3n) is 4.94. The summed E-state index contributed by atoms with van der Waals surface area (Å²) in [7, 11) is 0. The molecule has 0 radical (unpaired) electrons. The van der Waals surface area contributed by atoms with Gasteiger partial charge in [0.05, 0.1) is 0 Å². The summed E-state index contributed by atoms with van der Waals surface area (Å²) in [5.74, 6) is 0.833. The zero-order valence-electron chi connectivity index (χ0n) is 12.6. The standard InChI is InChI=1S/C16H30N2O/c1-16(2)9-3-4-14(11-16)18-15(19)10-12-5-7-13(17)8-6-12/h12-14H,3-11,17H2,1-2H3,(H,18,19). The van der Waals surface area contributed by atoms with Gasteiger partial charge in [-0.1, -0.05) is 20.3 Å². The molecule has 0 aromatic rings. The second kappa shape index (κ2) is 6.25. The molecule has 0 saturated heterocycles. The van der Waals surface area contributed by atoms with Gasteiger partial charge >= 0.3 is 0 Å². The maximum atomic E-state index is 12.1. The first-order valence-electron chi connectivity index (χ1n) is 7.99. The highest BCUT2D eigenvalue weighted by Crippen LogP contribution is 2.35. The van der Waals surface area contributed by atoms with E-state index in [2.05, 4.69) is 19.2 Å². The second-order valence-corrected chi connectivity index (χ2v) is 7.51. The van der Waals surface area contributed by atoms with Crippen molar-refractivity contribution in [2.45, 2.75) is 83.7 Å². The minimum Gasteiger partial charge on any atom is -0.353 e. The van der Waals surface area contributed by atoms with Crippen molar-refractivity contribution in [3.05, 3.63) is 0 Å². The van der Waals surface area contributed by atoms with Crippen molar-refractivity contribution in [3.63, 3.8) is 0 Å². The summed E-state index contributed by atoms with van der Waals surface area (Å²) in [5.41, 5.74) is 6.30. The van der Waals surface area contributed by atoms with Gasteiger partial charge in [0.1, 0.15) is 0 Å². The minimum absolute atomic E-state index is 0.267. The van der Waals surface area contributed by atoms with Crippen LogP contribution in [-0.2, 0) is 4.79 Å². The van der Waals surface area contributed by atoms with Gasteiger partial charge < -0.3 is 11.1 Å². The summed E-state index contributed by atoms with van der Waals surface area (Å²) in [5, 5.41) is 3.26. The van der Waals surface area contributed by atoms with Crippen LogP contribution >= 0.6 is 0 Å². The maximum Gasteiger partial charge on any atom is 0.220 e. The fraction of sp³-hybridized carbons (Fsp3) is 0.938. The Hall–Kier alpha value is -0.570. The summed E-state index contributed by atoms with van der Waals surface area (Å²) in [6.07, 6.45) is 9.98. The van der Waals surface area contributed by atoms with Crippen molar-refractivity contribution in [1.29, 1.82) is 0 Å². The zero-order chi connectivity index (χ0) is 13.9. The minimum atomic E-state index is 0.267. The molecule has 2 saturated carbocycles. The van der Waals surface area contributed by atoms with Gasteiger partial charge in [0.2, 0.25) is 5.91 Å². The van der Waals surface area contributed by atoms with Crippen LogP contribution in [0.4, 0.5) is 0 Å². The quantitative estimate of drug-likeness (QED) is 0.825. The van der Waals surface area contributed by atoms with Crippen LogP contribution in [0.2, 0.25) is 0 Å². The number of rotatable bonds is 3. The number of amides is 1. The van der Waals surface area contributed by atoms with Gasteiger partial charge in [0.15, 0.2) is 0 Å². The Kier molecular flexibility index (Phi) is 4.88. The lowest BCUT2D eigenvalue weighted by molar-refractivity contribution is -0.123. The van der Waals surface area contributed by atoms with E-state index in [-0.39, 0.29) is 5.91 Å². The highest BCUT2D eigenvalue weighted by molar-refractivity contribution is 5.76. The summed E-state index contributed by atoms with van der Waals surface area (Å²) in [6, 6.07) is 0.778. The van der Waals surface area contributed by atoms with Crippen LogP contribution in [0.1, 0.15) is 71.6 Å². The largest absolute Gasteiger partial charge is 0.353 e. The Morgan fingerprint density at radius 3 is 2.53 bits per heavy atom. The second-order valence-electron chi connectivity index (χ2n) is 7.51. The van der Waals surface area contributed by atoms with E-state index in [1.807, 2.05) is 0 Å². The van der Waals surface area contributed by atoms with Crippen LogP contribution in [0.5, 0.6) is 0 Å². The normalized spacial score (nSPS) is 34.8. The number of hydrogen-bond donors (Lipinski definition) is 2. The molecule has 3 heteroatoms. The van der Waals surface area contributed by atoms with Crippen LogP contribution < -0.4 is 11.1 Å². The number of hydrogen-bond acceptors (Lipinski definition) is 2. The summed E-state index contributed by atoms with van der Waals surface area (Å²) < 4.78 is 0. The van der Waals surface area contributed by atoms with E-state index >= 15 is 0 Å². The molecule has 1 amide bonds. The van der Waals surface area contributed by atoms with Crippen molar-refractivity contribution < 1.29 is 4.79 Å². The first kappa shape index (κ1) is 14.8. The smallest absolute Gasteiger partial charge is 0.220 e. The summed E-state index contributed by atoms with van der Waals surface area (Å²) in [4.78, 5) is 12.1. The number of carbonyl (C=O) groups excluding carboxylic acids is 1. The number of nitrogens with one attached hydrogen (secondary N) is 1. The molecule has 2 aliphatic rings. The third kappa shape index (κ3) is 4.79. The zero-order valence-corrected chi connectivity index (χ0v) is 12.6. The molecule has 110 valence electrons. The van der Waals surface area contributed by atoms with Crippen LogP contribution in [-0.4, -0.2) is 18.0 Å². The number of nitrogens with two attached hydrogens (primary N) is 1. The molecule has 0 heterocycles. The lowest BCUT2D eigenvalue weighted by Crippen LogP contribution is -2.41. The van der Waals surface area contributed by atoms with E-state index < -0.39 is 0 Å². The first-order valence-corrected chi connectivity index (χ1v) is 7.99.